The Labute approximate surface area is 180 Å². The number of hydrogen-bond acceptors (Lipinski definition) is 3. The van der Waals surface area contributed by atoms with Crippen LogP contribution in [0, 0.1) is 11.7 Å². The second kappa shape index (κ2) is 7.48. The summed E-state index contributed by atoms with van der Waals surface area (Å²) in [5.41, 5.74) is 2.67. The Balaban J connectivity index is 1.67. The van der Waals surface area contributed by atoms with E-state index in [1.807, 2.05) is 16.4 Å². The molecule has 1 N–H and O–H groups in total. The molecule has 1 aromatic heterocycles. The summed E-state index contributed by atoms with van der Waals surface area (Å²) in [6.45, 7) is 4.71. The lowest BCUT2D eigenvalue weighted by atomic mass is 10.1. The molecule has 1 saturated carbocycles. The fourth-order valence-corrected chi connectivity index (χ4v) is 5.17. The van der Waals surface area contributed by atoms with Crippen LogP contribution in [0.2, 0.25) is 0 Å². The normalized spacial score (nSPS) is 19.9. The van der Waals surface area contributed by atoms with E-state index in [2.05, 4.69) is 5.32 Å². The van der Waals surface area contributed by atoms with Gasteiger partial charge in [0.2, 0.25) is 5.91 Å². The Hall–Kier alpha value is -3.22. The molecule has 0 spiro atoms. The molecule has 2 amide bonds. The average molecular weight is 420 g/mol. The highest BCUT2D eigenvalue weighted by Gasteiger charge is 2.40. The van der Waals surface area contributed by atoms with E-state index in [-0.39, 0.29) is 17.6 Å². The van der Waals surface area contributed by atoms with Gasteiger partial charge in [0.05, 0.1) is 22.3 Å². The fourth-order valence-electron chi connectivity index (χ4n) is 5.17. The van der Waals surface area contributed by atoms with Crippen molar-refractivity contribution in [3.8, 4) is 11.4 Å². The predicted molar refractivity (Wildman–Crippen MR) is 117 cm³/mol. The summed E-state index contributed by atoms with van der Waals surface area (Å²) in [5.74, 6) is 0.450. The Morgan fingerprint density at radius 2 is 2.03 bits per heavy atom. The van der Waals surface area contributed by atoms with Gasteiger partial charge < -0.3 is 14.8 Å². The minimum Gasteiger partial charge on any atom is -0.335 e. The van der Waals surface area contributed by atoms with Gasteiger partial charge in [-0.05, 0) is 56.4 Å². The van der Waals surface area contributed by atoms with Crippen molar-refractivity contribution < 1.29 is 14.0 Å². The minimum atomic E-state index is -0.363. The molecule has 2 aromatic carbocycles. The van der Waals surface area contributed by atoms with Gasteiger partial charge in [0, 0.05) is 31.6 Å². The van der Waals surface area contributed by atoms with Crippen LogP contribution in [0.5, 0.6) is 0 Å². The molecule has 31 heavy (non-hydrogen) atoms. The number of carbonyl (C=O) groups is 2. The Kier molecular flexibility index (Phi) is 4.76. The first-order valence-corrected chi connectivity index (χ1v) is 10.8. The van der Waals surface area contributed by atoms with E-state index in [1.54, 1.807) is 30.3 Å². The number of likely N-dealkylation sites (tertiary alicyclic amines) is 1. The molecular formula is C24H25FN4O2. The summed E-state index contributed by atoms with van der Waals surface area (Å²) in [5, 5.41) is 2.86. The quantitative estimate of drug-likeness (QED) is 0.678. The number of hydrogen-bond donors (Lipinski definition) is 1. The predicted octanol–water partition coefficient (Wildman–Crippen LogP) is 4.45. The van der Waals surface area contributed by atoms with Gasteiger partial charge in [0.25, 0.3) is 5.91 Å². The molecule has 1 aliphatic heterocycles. The molecule has 0 radical (unpaired) electrons. The monoisotopic (exact) mass is 420 g/mol. The van der Waals surface area contributed by atoms with Crippen LogP contribution in [0.3, 0.4) is 0 Å². The molecule has 6 nitrogen and oxygen atoms in total. The molecule has 2 bridgehead atoms. The number of aryl methyl sites for hydroxylation is 1. The van der Waals surface area contributed by atoms with E-state index in [0.29, 0.717) is 52.2 Å². The van der Waals surface area contributed by atoms with Crippen LogP contribution >= 0.6 is 0 Å². The molecule has 2 unspecified atom stereocenters. The highest BCUT2D eigenvalue weighted by molar-refractivity contribution is 6.06. The summed E-state index contributed by atoms with van der Waals surface area (Å²) >= 11 is 0. The number of rotatable bonds is 4. The second-order valence-electron chi connectivity index (χ2n) is 8.52. The van der Waals surface area contributed by atoms with E-state index in [0.717, 1.165) is 19.4 Å². The number of nitrogens with zero attached hydrogens (tertiary/aromatic N) is 3. The number of anilines is 1. The van der Waals surface area contributed by atoms with Crippen LogP contribution < -0.4 is 5.32 Å². The molecule has 2 aliphatic rings. The largest absolute Gasteiger partial charge is 0.335 e. The van der Waals surface area contributed by atoms with Crippen molar-refractivity contribution in [1.29, 1.82) is 0 Å². The number of carbonyl (C=O) groups excluding carboxylic acids is 2. The molecule has 5 rings (SSSR count). The molecule has 7 heteroatoms. The standard InChI is InChI=1S/C24H25FN4O2/c1-3-28-22-20(26-14(2)30)11-16(24(31)29-13-15-8-9-17(29)10-15)12-21(22)27-23(28)18-6-4-5-7-19(18)25/h4-7,11-12,15,17H,3,8-10,13H2,1-2H3,(H,26,30). The van der Waals surface area contributed by atoms with Crippen molar-refractivity contribution in [2.24, 2.45) is 5.92 Å². The first kappa shape index (κ1) is 19.7. The van der Waals surface area contributed by atoms with Gasteiger partial charge in [0.1, 0.15) is 11.6 Å². The van der Waals surface area contributed by atoms with Crippen molar-refractivity contribution in [3.05, 3.63) is 47.8 Å². The Bertz CT molecular complexity index is 1200. The van der Waals surface area contributed by atoms with Crippen LogP contribution in [0.4, 0.5) is 10.1 Å². The SMILES string of the molecule is CCn1c(-c2ccccc2F)nc2cc(C(=O)N3CC4CCC3C4)cc(NC(C)=O)c21. The van der Waals surface area contributed by atoms with E-state index < -0.39 is 0 Å². The van der Waals surface area contributed by atoms with Crippen molar-refractivity contribution in [1.82, 2.24) is 14.5 Å². The van der Waals surface area contributed by atoms with E-state index >= 15 is 0 Å². The molecule has 1 aliphatic carbocycles. The van der Waals surface area contributed by atoms with E-state index in [1.165, 1.54) is 19.4 Å². The summed E-state index contributed by atoms with van der Waals surface area (Å²) in [4.78, 5) is 31.9. The average Bonchev–Trinajstić information content (AvgIpc) is 3.46. The van der Waals surface area contributed by atoms with Gasteiger partial charge in [-0.1, -0.05) is 12.1 Å². The molecule has 2 atom stereocenters. The molecule has 2 fully saturated rings. The van der Waals surface area contributed by atoms with Crippen molar-refractivity contribution in [2.75, 3.05) is 11.9 Å². The first-order chi connectivity index (χ1) is 15.0. The van der Waals surface area contributed by atoms with E-state index in [4.69, 9.17) is 4.98 Å². The van der Waals surface area contributed by atoms with Crippen LogP contribution in [-0.4, -0.2) is 38.9 Å². The number of nitrogens with one attached hydrogen (secondary N) is 1. The van der Waals surface area contributed by atoms with Gasteiger partial charge in [-0.15, -0.1) is 0 Å². The van der Waals surface area contributed by atoms with Crippen molar-refractivity contribution >= 4 is 28.5 Å². The minimum absolute atomic E-state index is 0.0285. The molecule has 160 valence electrons. The number of fused-ring (bicyclic) bond motifs is 3. The van der Waals surface area contributed by atoms with Crippen LogP contribution in [0.15, 0.2) is 36.4 Å². The highest BCUT2D eigenvalue weighted by atomic mass is 19.1. The lowest BCUT2D eigenvalue weighted by molar-refractivity contribution is -0.114. The smallest absolute Gasteiger partial charge is 0.254 e. The summed E-state index contributed by atoms with van der Waals surface area (Å²) < 4.78 is 16.4. The maximum atomic E-state index is 14.5. The number of benzene rings is 2. The van der Waals surface area contributed by atoms with E-state index in [9.17, 15) is 14.0 Å². The zero-order valence-corrected chi connectivity index (χ0v) is 17.7. The van der Waals surface area contributed by atoms with Gasteiger partial charge in [-0.3, -0.25) is 9.59 Å². The molecule has 3 aromatic rings. The third-order valence-corrected chi connectivity index (χ3v) is 6.50. The zero-order chi connectivity index (χ0) is 21.7. The maximum absolute atomic E-state index is 14.5. The molecule has 1 saturated heterocycles. The van der Waals surface area contributed by atoms with Crippen LogP contribution in [0.25, 0.3) is 22.4 Å². The fraction of sp³-hybridized carbons (Fsp3) is 0.375. The molecule has 2 heterocycles. The summed E-state index contributed by atoms with van der Waals surface area (Å²) in [6, 6.07) is 10.3. The lowest BCUT2D eigenvalue weighted by Crippen LogP contribution is -2.37. The van der Waals surface area contributed by atoms with Crippen molar-refractivity contribution in [2.45, 2.75) is 45.7 Å². The second-order valence-corrected chi connectivity index (χ2v) is 8.52. The number of imidazole rings is 1. The number of halogens is 1. The maximum Gasteiger partial charge on any atom is 0.254 e. The van der Waals surface area contributed by atoms with Crippen LogP contribution in [0.1, 0.15) is 43.5 Å². The zero-order valence-electron chi connectivity index (χ0n) is 17.7. The number of piperidine rings is 1. The highest BCUT2D eigenvalue weighted by Crippen LogP contribution is 2.39. The van der Waals surface area contributed by atoms with Gasteiger partial charge in [0.15, 0.2) is 0 Å². The number of amides is 2. The third kappa shape index (κ3) is 3.28. The van der Waals surface area contributed by atoms with Crippen LogP contribution in [-0.2, 0) is 11.3 Å². The number of aromatic nitrogens is 2. The summed E-state index contributed by atoms with van der Waals surface area (Å²) in [7, 11) is 0. The van der Waals surface area contributed by atoms with Gasteiger partial charge in [-0.2, -0.15) is 0 Å². The molecular weight excluding hydrogens is 395 g/mol. The first-order valence-electron chi connectivity index (χ1n) is 10.8. The van der Waals surface area contributed by atoms with Crippen molar-refractivity contribution in [3.63, 3.8) is 0 Å². The van der Waals surface area contributed by atoms with Gasteiger partial charge in [-0.25, -0.2) is 9.37 Å². The Morgan fingerprint density at radius 3 is 2.68 bits per heavy atom. The third-order valence-electron chi connectivity index (χ3n) is 6.50. The topological polar surface area (TPSA) is 67.2 Å². The summed E-state index contributed by atoms with van der Waals surface area (Å²) in [6.07, 6.45) is 3.32. The Morgan fingerprint density at radius 1 is 1.23 bits per heavy atom. The van der Waals surface area contributed by atoms with Gasteiger partial charge >= 0.3 is 0 Å². The lowest BCUT2D eigenvalue weighted by Gasteiger charge is -2.27.